The lowest BCUT2D eigenvalue weighted by Gasteiger charge is -2.27. The van der Waals surface area contributed by atoms with Gasteiger partial charge in [0.25, 0.3) is 0 Å². The molecule has 0 aliphatic carbocycles. The standard InChI is InChI=1S/C49H59N5O9/c1-32(2)25-42(47(58)60-6)52-44(55)40(26-33-21-23-37(24-22-33)62-30-35-17-11-8-12-18-35)51-46(57)43(31-61-29-34-15-9-7-10-16-34)53-45(56)41(54-48(59)63-49(3,4)5)27-36-28-50-39-20-14-13-19-38(36)39/h7-24,28,32,40-43,50H,25-27,29-31H2,1-6H3,(H,51,57)(H,52,55)(H,53,56)(H,54,59)/t40-,41-,42+,43-/m0/s1. The zero-order valence-electron chi connectivity index (χ0n) is 36.8. The Kier molecular flexibility index (Phi) is 17.3. The highest BCUT2D eigenvalue weighted by Gasteiger charge is 2.33. The number of aromatic nitrogens is 1. The topological polar surface area (TPSA) is 186 Å². The smallest absolute Gasteiger partial charge is 0.408 e. The summed E-state index contributed by atoms with van der Waals surface area (Å²) in [6.45, 7) is 9.15. The fraction of sp³-hybridized carbons (Fsp3) is 0.367. The van der Waals surface area contributed by atoms with E-state index >= 15 is 0 Å². The molecular weight excluding hydrogens is 803 g/mol. The van der Waals surface area contributed by atoms with Crippen molar-refractivity contribution in [3.8, 4) is 5.75 Å². The predicted molar refractivity (Wildman–Crippen MR) is 239 cm³/mol. The predicted octanol–water partition coefficient (Wildman–Crippen LogP) is 6.32. The van der Waals surface area contributed by atoms with Crippen molar-refractivity contribution in [1.82, 2.24) is 26.3 Å². The van der Waals surface area contributed by atoms with Crippen LogP contribution >= 0.6 is 0 Å². The van der Waals surface area contributed by atoms with Crippen LogP contribution in [0, 0.1) is 5.92 Å². The van der Waals surface area contributed by atoms with Crippen molar-refractivity contribution in [3.05, 3.63) is 138 Å². The molecule has 4 amide bonds. The highest BCUT2D eigenvalue weighted by molar-refractivity contribution is 5.95. The molecule has 334 valence electrons. The average Bonchev–Trinajstić information content (AvgIpc) is 3.67. The number of carbonyl (C=O) groups excluding carboxylic acids is 5. The van der Waals surface area contributed by atoms with E-state index in [0.717, 1.165) is 27.6 Å². The third-order valence-electron chi connectivity index (χ3n) is 9.89. The maximum atomic E-state index is 14.5. The second-order valence-electron chi connectivity index (χ2n) is 16.7. The minimum absolute atomic E-state index is 0.0149. The van der Waals surface area contributed by atoms with Crippen LogP contribution in [0.1, 0.15) is 63.3 Å². The number of hydrogen-bond acceptors (Lipinski definition) is 9. The van der Waals surface area contributed by atoms with Crippen LogP contribution in [0.2, 0.25) is 0 Å². The third kappa shape index (κ3) is 15.3. The molecule has 14 nitrogen and oxygen atoms in total. The fourth-order valence-corrected chi connectivity index (χ4v) is 6.78. The summed E-state index contributed by atoms with van der Waals surface area (Å²) in [7, 11) is 1.24. The van der Waals surface area contributed by atoms with E-state index in [0.29, 0.717) is 24.3 Å². The van der Waals surface area contributed by atoms with Gasteiger partial charge in [0.15, 0.2) is 0 Å². The van der Waals surface area contributed by atoms with Crippen molar-refractivity contribution < 1.29 is 42.9 Å². The van der Waals surface area contributed by atoms with Gasteiger partial charge in [-0.2, -0.15) is 0 Å². The number of ether oxygens (including phenoxy) is 4. The van der Waals surface area contributed by atoms with Gasteiger partial charge in [0.1, 0.15) is 42.1 Å². The number of amides is 4. The average molecular weight is 862 g/mol. The highest BCUT2D eigenvalue weighted by atomic mass is 16.6. The number of carbonyl (C=O) groups is 5. The number of alkyl carbamates (subject to hydrolysis) is 1. The first kappa shape index (κ1) is 47.4. The SMILES string of the molecule is COC(=O)[C@@H](CC(C)C)NC(=O)[C@H](Cc1ccc(OCc2ccccc2)cc1)NC(=O)[C@H](COCc1ccccc1)NC(=O)[C@H](Cc1c[nH]c2ccccc12)NC(=O)OC(C)(C)C. The van der Waals surface area contributed by atoms with E-state index < -0.39 is 59.6 Å². The fourth-order valence-electron chi connectivity index (χ4n) is 6.78. The van der Waals surface area contributed by atoms with Crippen LogP contribution in [-0.2, 0) is 59.4 Å². The summed E-state index contributed by atoms with van der Waals surface area (Å²) in [5, 5.41) is 12.0. The molecule has 0 fully saturated rings. The number of benzene rings is 4. The van der Waals surface area contributed by atoms with Gasteiger partial charge in [-0.1, -0.05) is 105 Å². The second-order valence-corrected chi connectivity index (χ2v) is 16.7. The minimum Gasteiger partial charge on any atom is -0.489 e. The summed E-state index contributed by atoms with van der Waals surface area (Å²) in [6.07, 6.45) is 1.30. The second kappa shape index (κ2) is 23.0. The number of esters is 1. The molecule has 0 aliphatic rings. The molecule has 5 rings (SSSR count). The summed E-state index contributed by atoms with van der Waals surface area (Å²) in [6, 6.07) is 29.0. The molecule has 1 heterocycles. The molecule has 0 radical (unpaired) electrons. The van der Waals surface area contributed by atoms with Crippen molar-refractivity contribution in [2.24, 2.45) is 5.92 Å². The van der Waals surface area contributed by atoms with E-state index in [1.807, 2.05) is 98.8 Å². The lowest BCUT2D eigenvalue weighted by Crippen LogP contribution is -2.59. The van der Waals surface area contributed by atoms with Crippen molar-refractivity contribution in [3.63, 3.8) is 0 Å². The van der Waals surface area contributed by atoms with Gasteiger partial charge in [0, 0.05) is 29.9 Å². The summed E-state index contributed by atoms with van der Waals surface area (Å²) < 4.78 is 22.5. The first-order valence-corrected chi connectivity index (χ1v) is 21.1. The number of hydrogen-bond donors (Lipinski definition) is 5. The van der Waals surface area contributed by atoms with E-state index in [2.05, 4.69) is 26.3 Å². The molecule has 0 saturated heterocycles. The summed E-state index contributed by atoms with van der Waals surface area (Å²) in [4.78, 5) is 72.1. The first-order valence-electron chi connectivity index (χ1n) is 21.1. The number of para-hydroxylation sites is 1. The Bertz CT molecular complexity index is 2260. The van der Waals surface area contributed by atoms with E-state index in [4.69, 9.17) is 18.9 Å². The van der Waals surface area contributed by atoms with E-state index in [9.17, 15) is 24.0 Å². The Hall–Kier alpha value is -6.67. The molecule has 1 aromatic heterocycles. The number of rotatable bonds is 21. The van der Waals surface area contributed by atoms with E-state index in [1.54, 1.807) is 51.2 Å². The molecular formula is C49H59N5O9. The van der Waals surface area contributed by atoms with Crippen LogP contribution in [-0.4, -0.2) is 78.3 Å². The normalized spacial score (nSPS) is 13.3. The summed E-state index contributed by atoms with van der Waals surface area (Å²) in [5.41, 5.74) is 3.26. The Labute approximate surface area is 368 Å². The Morgan fingerprint density at radius 3 is 1.79 bits per heavy atom. The van der Waals surface area contributed by atoms with Crippen molar-refractivity contribution in [2.75, 3.05) is 13.7 Å². The van der Waals surface area contributed by atoms with Crippen LogP contribution in [0.3, 0.4) is 0 Å². The molecule has 0 bridgehead atoms. The molecule has 0 aliphatic heterocycles. The van der Waals surface area contributed by atoms with Gasteiger partial charge >= 0.3 is 12.1 Å². The summed E-state index contributed by atoms with van der Waals surface area (Å²) >= 11 is 0. The number of H-pyrrole nitrogens is 1. The van der Waals surface area contributed by atoms with E-state index in [-0.39, 0.29) is 32.0 Å². The van der Waals surface area contributed by atoms with Gasteiger partial charge in [0.2, 0.25) is 17.7 Å². The zero-order valence-corrected chi connectivity index (χ0v) is 36.8. The molecule has 63 heavy (non-hydrogen) atoms. The number of nitrogens with one attached hydrogen (secondary N) is 5. The first-order chi connectivity index (χ1) is 30.2. The summed E-state index contributed by atoms with van der Waals surface area (Å²) in [5.74, 6) is -2.05. The quantitative estimate of drug-likeness (QED) is 0.0527. The van der Waals surface area contributed by atoms with Crippen molar-refractivity contribution >= 4 is 40.7 Å². The van der Waals surface area contributed by atoms with Gasteiger partial charge in [-0.05, 0) is 73.6 Å². The molecule has 0 spiro atoms. The van der Waals surface area contributed by atoms with Gasteiger partial charge in [0.05, 0.1) is 20.3 Å². The Morgan fingerprint density at radius 1 is 0.619 bits per heavy atom. The molecule has 4 atom stereocenters. The lowest BCUT2D eigenvalue weighted by atomic mass is 10.0. The molecule has 14 heteroatoms. The molecule has 0 saturated carbocycles. The Balaban J connectivity index is 1.41. The molecule has 5 aromatic rings. The highest BCUT2D eigenvalue weighted by Crippen LogP contribution is 2.20. The number of aromatic amines is 1. The Morgan fingerprint density at radius 2 is 1.17 bits per heavy atom. The number of fused-ring (bicyclic) bond motifs is 1. The minimum atomic E-state index is -1.34. The molecule has 5 N–H and O–H groups in total. The van der Waals surface area contributed by atoms with Crippen molar-refractivity contribution in [2.45, 2.75) is 96.9 Å². The lowest BCUT2D eigenvalue weighted by molar-refractivity contribution is -0.146. The van der Waals surface area contributed by atoms with Crippen LogP contribution in [0.5, 0.6) is 5.75 Å². The van der Waals surface area contributed by atoms with Crippen LogP contribution in [0.15, 0.2) is 115 Å². The van der Waals surface area contributed by atoms with Gasteiger partial charge < -0.3 is 45.2 Å². The monoisotopic (exact) mass is 861 g/mol. The van der Waals surface area contributed by atoms with Crippen LogP contribution in [0.25, 0.3) is 10.9 Å². The van der Waals surface area contributed by atoms with Crippen LogP contribution < -0.4 is 26.0 Å². The largest absolute Gasteiger partial charge is 0.489 e. The van der Waals surface area contributed by atoms with Crippen molar-refractivity contribution in [1.29, 1.82) is 0 Å². The molecule has 0 unspecified atom stereocenters. The molecule has 4 aromatic carbocycles. The van der Waals surface area contributed by atoms with Gasteiger partial charge in [-0.15, -0.1) is 0 Å². The van der Waals surface area contributed by atoms with Gasteiger partial charge in [-0.3, -0.25) is 14.4 Å². The van der Waals surface area contributed by atoms with Gasteiger partial charge in [-0.25, -0.2) is 9.59 Å². The zero-order chi connectivity index (χ0) is 45.4. The van der Waals surface area contributed by atoms with E-state index in [1.165, 1.54) is 7.11 Å². The number of methoxy groups -OCH3 is 1. The maximum absolute atomic E-state index is 14.5. The van der Waals surface area contributed by atoms with Crippen LogP contribution in [0.4, 0.5) is 4.79 Å². The third-order valence-corrected chi connectivity index (χ3v) is 9.89. The maximum Gasteiger partial charge on any atom is 0.408 e.